The van der Waals surface area contributed by atoms with Crippen LogP contribution in [0.5, 0.6) is 5.75 Å². The smallest absolute Gasteiger partial charge is 0.340 e. The summed E-state index contributed by atoms with van der Waals surface area (Å²) in [5.41, 5.74) is 2.30. The standard InChI is InChI=1S/C18H20FNO4/c1-5-20-11(2)8-14(12(20)3)18(22)24-10-16(21)13-6-7-17(23-4)15(19)9-13/h6-9H,5,10H2,1-4H3. The van der Waals surface area contributed by atoms with Gasteiger partial charge in [-0.3, -0.25) is 4.79 Å². The summed E-state index contributed by atoms with van der Waals surface area (Å²) in [6, 6.07) is 5.59. The maximum atomic E-state index is 13.6. The highest BCUT2D eigenvalue weighted by Crippen LogP contribution is 2.19. The zero-order valence-corrected chi connectivity index (χ0v) is 14.2. The van der Waals surface area contributed by atoms with Gasteiger partial charge in [0.05, 0.1) is 12.7 Å². The van der Waals surface area contributed by atoms with E-state index in [4.69, 9.17) is 9.47 Å². The molecule has 0 aliphatic rings. The second-order valence-electron chi connectivity index (χ2n) is 5.38. The Bertz CT molecular complexity index is 780. The molecule has 0 unspecified atom stereocenters. The third kappa shape index (κ3) is 3.48. The summed E-state index contributed by atoms with van der Waals surface area (Å²) in [5, 5.41) is 0. The fourth-order valence-electron chi connectivity index (χ4n) is 2.63. The Balaban J connectivity index is 2.06. The van der Waals surface area contributed by atoms with Crippen LogP contribution in [-0.2, 0) is 11.3 Å². The predicted octanol–water partition coefficient (Wildman–Crippen LogP) is 3.31. The van der Waals surface area contributed by atoms with Crippen LogP contribution in [0.3, 0.4) is 0 Å². The van der Waals surface area contributed by atoms with Crippen molar-refractivity contribution in [2.75, 3.05) is 13.7 Å². The van der Waals surface area contributed by atoms with E-state index in [9.17, 15) is 14.0 Å². The first kappa shape index (κ1) is 17.7. The number of hydrogen-bond acceptors (Lipinski definition) is 4. The van der Waals surface area contributed by atoms with E-state index < -0.39 is 24.2 Å². The van der Waals surface area contributed by atoms with Crippen LogP contribution in [-0.4, -0.2) is 30.0 Å². The molecule has 2 rings (SSSR count). The van der Waals surface area contributed by atoms with E-state index in [1.165, 1.54) is 19.2 Å². The van der Waals surface area contributed by atoms with E-state index in [1.54, 1.807) is 6.07 Å². The van der Waals surface area contributed by atoms with Crippen LogP contribution in [0.15, 0.2) is 24.3 Å². The van der Waals surface area contributed by atoms with Gasteiger partial charge in [0.2, 0.25) is 0 Å². The van der Waals surface area contributed by atoms with Gasteiger partial charge in [-0.2, -0.15) is 0 Å². The Kier molecular flexibility index (Phi) is 5.39. The Labute approximate surface area is 140 Å². The first-order valence-corrected chi connectivity index (χ1v) is 7.59. The number of methoxy groups -OCH3 is 1. The molecular formula is C18H20FNO4. The van der Waals surface area contributed by atoms with Gasteiger partial charge in [-0.15, -0.1) is 0 Å². The van der Waals surface area contributed by atoms with E-state index in [0.29, 0.717) is 5.56 Å². The molecule has 1 aromatic carbocycles. The summed E-state index contributed by atoms with van der Waals surface area (Å²) in [6.45, 7) is 6.01. The number of carbonyl (C=O) groups excluding carboxylic acids is 2. The lowest BCUT2D eigenvalue weighted by Gasteiger charge is -2.07. The van der Waals surface area contributed by atoms with E-state index >= 15 is 0 Å². The van der Waals surface area contributed by atoms with E-state index in [-0.39, 0.29) is 11.3 Å². The quantitative estimate of drug-likeness (QED) is 0.601. The number of hydrogen-bond donors (Lipinski definition) is 0. The minimum atomic E-state index is -0.638. The largest absolute Gasteiger partial charge is 0.494 e. The number of ether oxygens (including phenoxy) is 2. The van der Waals surface area contributed by atoms with Crippen LogP contribution in [0.1, 0.15) is 39.0 Å². The minimum Gasteiger partial charge on any atom is -0.494 e. The van der Waals surface area contributed by atoms with E-state index in [1.807, 2.05) is 25.3 Å². The second-order valence-corrected chi connectivity index (χ2v) is 5.38. The molecule has 128 valence electrons. The molecule has 0 saturated heterocycles. The van der Waals surface area contributed by atoms with Gasteiger partial charge < -0.3 is 14.0 Å². The molecule has 2 aromatic rings. The highest BCUT2D eigenvalue weighted by molar-refractivity contribution is 5.99. The van der Waals surface area contributed by atoms with Crippen LogP contribution in [0, 0.1) is 19.7 Å². The Morgan fingerprint density at radius 1 is 1.21 bits per heavy atom. The molecule has 6 heteroatoms. The molecule has 0 fully saturated rings. The number of aromatic nitrogens is 1. The fraction of sp³-hybridized carbons (Fsp3) is 0.333. The summed E-state index contributed by atoms with van der Waals surface area (Å²) < 4.78 is 25.5. The topological polar surface area (TPSA) is 57.5 Å². The fourth-order valence-corrected chi connectivity index (χ4v) is 2.63. The van der Waals surface area contributed by atoms with Crippen LogP contribution in [0.25, 0.3) is 0 Å². The van der Waals surface area contributed by atoms with Crippen molar-refractivity contribution in [1.29, 1.82) is 0 Å². The van der Waals surface area contributed by atoms with Gasteiger partial charge in [-0.1, -0.05) is 0 Å². The molecule has 0 radical (unpaired) electrons. The number of benzene rings is 1. The number of aryl methyl sites for hydroxylation is 1. The van der Waals surface area contributed by atoms with Crippen molar-refractivity contribution in [1.82, 2.24) is 4.57 Å². The highest BCUT2D eigenvalue weighted by atomic mass is 19.1. The molecule has 1 aromatic heterocycles. The average molecular weight is 333 g/mol. The zero-order chi connectivity index (χ0) is 17.9. The Hall–Kier alpha value is -2.63. The van der Waals surface area contributed by atoms with Crippen molar-refractivity contribution in [2.24, 2.45) is 0 Å². The number of Topliss-reactive ketones (excluding diaryl/α,β-unsaturated/α-hetero) is 1. The summed E-state index contributed by atoms with van der Waals surface area (Å²) in [6.07, 6.45) is 0. The van der Waals surface area contributed by atoms with Crippen molar-refractivity contribution in [2.45, 2.75) is 27.3 Å². The van der Waals surface area contributed by atoms with Crippen molar-refractivity contribution in [3.05, 3.63) is 52.6 Å². The van der Waals surface area contributed by atoms with Gasteiger partial charge in [0, 0.05) is 23.5 Å². The average Bonchev–Trinajstić information content (AvgIpc) is 2.86. The van der Waals surface area contributed by atoms with Gasteiger partial charge in [0.15, 0.2) is 24.0 Å². The molecule has 0 N–H and O–H groups in total. The zero-order valence-electron chi connectivity index (χ0n) is 14.2. The number of rotatable bonds is 6. The van der Waals surface area contributed by atoms with Gasteiger partial charge in [-0.05, 0) is 45.0 Å². The normalized spacial score (nSPS) is 10.5. The van der Waals surface area contributed by atoms with Crippen molar-refractivity contribution >= 4 is 11.8 Å². The van der Waals surface area contributed by atoms with Gasteiger partial charge in [0.1, 0.15) is 0 Å². The highest BCUT2D eigenvalue weighted by Gasteiger charge is 2.18. The third-order valence-corrected chi connectivity index (χ3v) is 3.92. The number of esters is 1. The second kappa shape index (κ2) is 7.29. The molecule has 24 heavy (non-hydrogen) atoms. The minimum absolute atomic E-state index is 0.0514. The van der Waals surface area contributed by atoms with Crippen LogP contribution in [0.4, 0.5) is 4.39 Å². The molecule has 0 spiro atoms. The lowest BCUT2D eigenvalue weighted by molar-refractivity contribution is 0.0474. The summed E-state index contributed by atoms with van der Waals surface area (Å²) in [7, 11) is 1.34. The molecule has 5 nitrogen and oxygen atoms in total. The molecule has 0 aliphatic carbocycles. The monoisotopic (exact) mass is 333 g/mol. The molecule has 1 heterocycles. The maximum absolute atomic E-state index is 13.6. The molecule has 0 amide bonds. The van der Waals surface area contributed by atoms with Crippen molar-refractivity contribution in [3.8, 4) is 5.75 Å². The predicted molar refractivity (Wildman–Crippen MR) is 87.1 cm³/mol. The lowest BCUT2D eigenvalue weighted by Crippen LogP contribution is -2.15. The maximum Gasteiger partial charge on any atom is 0.340 e. The van der Waals surface area contributed by atoms with Crippen LogP contribution in [0.2, 0.25) is 0 Å². The van der Waals surface area contributed by atoms with Crippen LogP contribution < -0.4 is 4.74 Å². The Morgan fingerprint density at radius 2 is 1.92 bits per heavy atom. The summed E-state index contributed by atoms with van der Waals surface area (Å²) in [5.74, 6) is -1.63. The SMILES string of the molecule is CCn1c(C)cc(C(=O)OCC(=O)c2ccc(OC)c(F)c2)c1C. The summed E-state index contributed by atoms with van der Waals surface area (Å²) >= 11 is 0. The van der Waals surface area contributed by atoms with Crippen LogP contribution >= 0.6 is 0 Å². The van der Waals surface area contributed by atoms with Crippen molar-refractivity contribution in [3.63, 3.8) is 0 Å². The van der Waals surface area contributed by atoms with Gasteiger partial charge in [0.25, 0.3) is 0 Å². The molecule has 0 saturated carbocycles. The molecule has 0 bridgehead atoms. The third-order valence-electron chi connectivity index (χ3n) is 3.92. The molecule has 0 aliphatic heterocycles. The molecule has 0 atom stereocenters. The Morgan fingerprint density at radius 3 is 2.46 bits per heavy atom. The van der Waals surface area contributed by atoms with Crippen molar-refractivity contribution < 1.29 is 23.5 Å². The first-order chi connectivity index (χ1) is 11.4. The van der Waals surface area contributed by atoms with Gasteiger partial charge >= 0.3 is 5.97 Å². The first-order valence-electron chi connectivity index (χ1n) is 7.59. The number of nitrogens with zero attached hydrogens (tertiary/aromatic N) is 1. The molecular weight excluding hydrogens is 313 g/mol. The number of halogens is 1. The lowest BCUT2D eigenvalue weighted by atomic mass is 10.1. The van der Waals surface area contributed by atoms with E-state index in [2.05, 4.69) is 0 Å². The number of carbonyl (C=O) groups is 2. The van der Waals surface area contributed by atoms with E-state index in [0.717, 1.165) is 24.0 Å². The number of ketones is 1. The summed E-state index contributed by atoms with van der Waals surface area (Å²) in [4.78, 5) is 24.2. The van der Waals surface area contributed by atoms with Gasteiger partial charge in [-0.25, -0.2) is 9.18 Å².